The number of rotatable bonds is 6. The Labute approximate surface area is 145 Å². The van der Waals surface area contributed by atoms with Crippen LogP contribution < -0.4 is 5.32 Å². The topological polar surface area (TPSA) is 198 Å². The molecule has 1 aliphatic heterocycles. The van der Waals surface area contributed by atoms with Crippen molar-refractivity contribution < 1.29 is 42.5 Å². The monoisotopic (exact) mass is 411 g/mol. The van der Waals surface area contributed by atoms with Gasteiger partial charge in [0.15, 0.2) is 17.8 Å². The number of hydrogen-bond donors (Lipinski definition) is 5. The largest absolute Gasteiger partial charge is 0.472 e. The fourth-order valence-electron chi connectivity index (χ4n) is 2.53. The third-order valence-electron chi connectivity index (χ3n) is 3.45. The number of imidazole rings is 1. The maximum absolute atomic E-state index is 11.1. The Hall–Kier alpha value is -1.47. The maximum Gasteiger partial charge on any atom is 0.472 e. The smallest absolute Gasteiger partial charge is 0.371 e. The van der Waals surface area contributed by atoms with Crippen molar-refractivity contribution in [3.63, 3.8) is 0 Å². The molecule has 0 saturated carbocycles. The second-order valence-electron chi connectivity index (χ2n) is 5.22. The Kier molecular flexibility index (Phi) is 5.14. The van der Waals surface area contributed by atoms with Gasteiger partial charge in [0, 0.05) is 13.5 Å². The van der Waals surface area contributed by atoms with Gasteiger partial charge >= 0.3 is 15.6 Å². The molecule has 3 atom stereocenters. The van der Waals surface area contributed by atoms with E-state index in [4.69, 9.17) is 24.3 Å². The van der Waals surface area contributed by atoms with Gasteiger partial charge in [-0.3, -0.25) is 13.6 Å². The number of ether oxygens (including phenoxy) is 1. The summed E-state index contributed by atoms with van der Waals surface area (Å²) in [6.45, 7) is 0. The van der Waals surface area contributed by atoms with Crippen LogP contribution in [0.25, 0.3) is 11.2 Å². The van der Waals surface area contributed by atoms with E-state index in [2.05, 4.69) is 29.3 Å². The number of phosphoric ester groups is 2. The van der Waals surface area contributed by atoms with Crippen LogP contribution >= 0.6 is 15.6 Å². The molecule has 2 aromatic heterocycles. The summed E-state index contributed by atoms with van der Waals surface area (Å²) < 4.78 is 38.0. The van der Waals surface area contributed by atoms with E-state index in [1.807, 2.05) is 0 Å². The molecule has 0 amide bonds. The number of phosphoric acid groups is 2. The van der Waals surface area contributed by atoms with Crippen LogP contribution in [0, 0.1) is 0 Å². The lowest BCUT2D eigenvalue weighted by molar-refractivity contribution is -0.131. The second-order valence-corrected chi connectivity index (χ2v) is 7.61. The summed E-state index contributed by atoms with van der Waals surface area (Å²) in [4.78, 5) is 48.1. The van der Waals surface area contributed by atoms with Gasteiger partial charge in [0.25, 0.3) is 0 Å². The highest BCUT2D eigenvalue weighted by molar-refractivity contribution is 7.46. The summed E-state index contributed by atoms with van der Waals surface area (Å²) in [5.41, 5.74) is 0.742. The Morgan fingerprint density at radius 2 is 1.88 bits per heavy atom. The van der Waals surface area contributed by atoms with Gasteiger partial charge < -0.3 is 29.6 Å². The third-order valence-corrected chi connectivity index (χ3v) is 4.48. The van der Waals surface area contributed by atoms with Gasteiger partial charge in [-0.2, -0.15) is 0 Å². The van der Waals surface area contributed by atoms with Gasteiger partial charge in [-0.15, -0.1) is 0 Å². The van der Waals surface area contributed by atoms with E-state index in [9.17, 15) is 9.13 Å². The average Bonchev–Trinajstić information content (AvgIpc) is 3.08. The lowest BCUT2D eigenvalue weighted by Crippen LogP contribution is -2.25. The first-order valence-corrected chi connectivity index (χ1v) is 10.1. The molecule has 5 N–H and O–H groups in total. The van der Waals surface area contributed by atoms with Gasteiger partial charge in [0.2, 0.25) is 0 Å². The highest BCUT2D eigenvalue weighted by Gasteiger charge is 2.44. The predicted molar refractivity (Wildman–Crippen MR) is 83.4 cm³/mol. The summed E-state index contributed by atoms with van der Waals surface area (Å²) in [6, 6.07) is 0. The molecule has 0 unspecified atom stereocenters. The van der Waals surface area contributed by atoms with Crippen molar-refractivity contribution >= 4 is 32.6 Å². The lowest BCUT2D eigenvalue weighted by atomic mass is 10.2. The molecule has 2 aromatic rings. The van der Waals surface area contributed by atoms with Gasteiger partial charge in [-0.25, -0.2) is 24.1 Å². The Balaban J connectivity index is 1.92. The Morgan fingerprint density at radius 3 is 2.50 bits per heavy atom. The molecule has 1 aliphatic rings. The van der Waals surface area contributed by atoms with Crippen molar-refractivity contribution in [1.82, 2.24) is 19.5 Å². The predicted octanol–water partition coefficient (Wildman–Crippen LogP) is -0.300. The lowest BCUT2D eigenvalue weighted by Gasteiger charge is -2.19. The van der Waals surface area contributed by atoms with Gasteiger partial charge in [-0.1, -0.05) is 0 Å². The van der Waals surface area contributed by atoms with E-state index in [1.54, 1.807) is 7.05 Å². The van der Waals surface area contributed by atoms with E-state index < -0.39 is 34.3 Å². The van der Waals surface area contributed by atoms with Crippen molar-refractivity contribution in [3.05, 3.63) is 12.7 Å². The van der Waals surface area contributed by atoms with Crippen LogP contribution in [0.15, 0.2) is 12.7 Å². The zero-order valence-corrected chi connectivity index (χ0v) is 14.9. The maximum atomic E-state index is 11.1. The van der Waals surface area contributed by atoms with E-state index in [0.29, 0.717) is 17.0 Å². The van der Waals surface area contributed by atoms with Gasteiger partial charge in [0.05, 0.1) is 6.33 Å². The number of nitrogens with zero attached hydrogens (tertiary/aromatic N) is 4. The molecule has 16 heteroatoms. The second kappa shape index (κ2) is 6.93. The van der Waals surface area contributed by atoms with E-state index in [-0.39, 0.29) is 6.42 Å². The molecule has 144 valence electrons. The summed E-state index contributed by atoms with van der Waals surface area (Å²) >= 11 is 0. The van der Waals surface area contributed by atoms with Crippen molar-refractivity contribution in [2.24, 2.45) is 0 Å². The quantitative estimate of drug-likeness (QED) is 0.389. The van der Waals surface area contributed by atoms with Crippen LogP contribution in [-0.2, 0) is 22.9 Å². The molecule has 26 heavy (non-hydrogen) atoms. The molecule has 0 aliphatic carbocycles. The molecule has 1 saturated heterocycles. The standard InChI is InChI=1S/C10H15N5O9P2/c1-11-8-7-9(13-3-12-8)15(4-14-7)6-2-5(23-25(16,17)18)10(22-6)24-26(19,20)21/h3-6,10H,2H2,1H3,(H,11,12,13)(H2,16,17,18)(H2,19,20,21)/t5-,6+,10+/m1/s1. The Morgan fingerprint density at radius 1 is 1.19 bits per heavy atom. The molecule has 3 heterocycles. The SMILES string of the molecule is CNc1ncnc2c1ncn2[C@@H]1C[C@@H](OP(=O)(O)O)[C@H](OP(=O)(O)O)O1. The van der Waals surface area contributed by atoms with Crippen molar-refractivity contribution in [2.45, 2.75) is 25.0 Å². The molecular weight excluding hydrogens is 396 g/mol. The van der Waals surface area contributed by atoms with Crippen molar-refractivity contribution in [1.29, 1.82) is 0 Å². The minimum Gasteiger partial charge on any atom is -0.371 e. The third kappa shape index (κ3) is 4.26. The summed E-state index contributed by atoms with van der Waals surface area (Å²) in [7, 11) is -8.32. The highest BCUT2D eigenvalue weighted by atomic mass is 31.2. The number of hydrogen-bond acceptors (Lipinski definition) is 9. The van der Waals surface area contributed by atoms with Gasteiger partial charge in [0.1, 0.15) is 24.2 Å². The highest BCUT2D eigenvalue weighted by Crippen LogP contribution is 2.48. The molecule has 1 fully saturated rings. The molecule has 3 rings (SSSR count). The average molecular weight is 411 g/mol. The van der Waals surface area contributed by atoms with Crippen LogP contribution in [0.1, 0.15) is 12.6 Å². The summed E-state index contributed by atoms with van der Waals surface area (Å²) in [5, 5.41) is 2.83. The normalized spacial score (nSPS) is 24.3. The van der Waals surface area contributed by atoms with Crippen LogP contribution in [0.2, 0.25) is 0 Å². The number of fused-ring (bicyclic) bond motifs is 1. The fraction of sp³-hybridized carbons (Fsp3) is 0.500. The number of nitrogens with one attached hydrogen (secondary N) is 1. The van der Waals surface area contributed by atoms with Gasteiger partial charge in [-0.05, 0) is 0 Å². The van der Waals surface area contributed by atoms with Crippen LogP contribution in [0.3, 0.4) is 0 Å². The minimum atomic E-state index is -5.00. The van der Waals surface area contributed by atoms with E-state index in [1.165, 1.54) is 17.2 Å². The van der Waals surface area contributed by atoms with Crippen LogP contribution in [0.5, 0.6) is 0 Å². The van der Waals surface area contributed by atoms with E-state index >= 15 is 0 Å². The minimum absolute atomic E-state index is 0.180. The molecule has 14 nitrogen and oxygen atoms in total. The number of aromatic nitrogens is 4. The number of anilines is 1. The molecule has 0 radical (unpaired) electrons. The first-order chi connectivity index (χ1) is 12.1. The Bertz CT molecular complexity index is 862. The molecule has 0 spiro atoms. The van der Waals surface area contributed by atoms with E-state index in [0.717, 1.165) is 0 Å². The molecule has 0 aromatic carbocycles. The zero-order valence-electron chi connectivity index (χ0n) is 13.1. The summed E-state index contributed by atoms with van der Waals surface area (Å²) in [6.07, 6.45) is -1.66. The first kappa shape index (κ1) is 19.3. The van der Waals surface area contributed by atoms with Crippen molar-refractivity contribution in [3.8, 4) is 0 Å². The summed E-state index contributed by atoms with van der Waals surface area (Å²) in [5.74, 6) is 0.442. The molecule has 0 bridgehead atoms. The van der Waals surface area contributed by atoms with Crippen LogP contribution in [-0.4, -0.2) is 58.5 Å². The van der Waals surface area contributed by atoms with Crippen molar-refractivity contribution in [2.75, 3.05) is 12.4 Å². The fourth-order valence-corrected chi connectivity index (χ4v) is 3.52. The molecular formula is C10H15N5O9P2. The first-order valence-electron chi connectivity index (χ1n) is 7.06. The zero-order chi connectivity index (χ0) is 19.1. The van der Waals surface area contributed by atoms with Crippen LogP contribution in [0.4, 0.5) is 5.82 Å².